The fourth-order valence-corrected chi connectivity index (χ4v) is 2.96. The van der Waals surface area contributed by atoms with Crippen LogP contribution in [0.2, 0.25) is 5.02 Å². The summed E-state index contributed by atoms with van der Waals surface area (Å²) < 4.78 is 0. The van der Waals surface area contributed by atoms with Crippen molar-refractivity contribution in [2.75, 3.05) is 32.0 Å². The lowest BCUT2D eigenvalue weighted by atomic mass is 9.98. The van der Waals surface area contributed by atoms with Gasteiger partial charge in [-0.2, -0.15) is 0 Å². The molecule has 22 heavy (non-hydrogen) atoms. The number of rotatable bonds is 4. The van der Waals surface area contributed by atoms with Gasteiger partial charge in [0.15, 0.2) is 0 Å². The van der Waals surface area contributed by atoms with Gasteiger partial charge >= 0.3 is 0 Å². The molecule has 120 valence electrons. The third kappa shape index (κ3) is 4.71. The van der Waals surface area contributed by atoms with Gasteiger partial charge in [-0.3, -0.25) is 9.59 Å². The molecule has 0 radical (unpaired) electrons. The second kappa shape index (κ2) is 7.61. The normalized spacial score (nSPS) is 18.8. The zero-order valence-corrected chi connectivity index (χ0v) is 13.7. The van der Waals surface area contributed by atoms with E-state index in [4.69, 9.17) is 11.6 Å². The Bertz CT molecular complexity index is 562. The van der Waals surface area contributed by atoms with Crippen molar-refractivity contribution in [2.24, 2.45) is 5.92 Å². The third-order valence-corrected chi connectivity index (χ3v) is 4.13. The summed E-state index contributed by atoms with van der Waals surface area (Å²) in [6, 6.07) is 4.90. The van der Waals surface area contributed by atoms with Crippen LogP contribution in [-0.4, -0.2) is 43.4 Å². The van der Waals surface area contributed by atoms with Gasteiger partial charge in [0, 0.05) is 25.7 Å². The number of anilines is 1. The highest BCUT2D eigenvalue weighted by Gasteiger charge is 2.19. The molecule has 0 saturated carbocycles. The number of halogens is 1. The molecule has 2 N–H and O–H groups in total. The maximum Gasteiger partial charge on any atom is 0.252 e. The first-order valence-electron chi connectivity index (χ1n) is 7.49. The van der Waals surface area contributed by atoms with E-state index in [1.165, 1.54) is 6.92 Å². The van der Waals surface area contributed by atoms with Crippen LogP contribution in [0.4, 0.5) is 5.69 Å². The number of hydrogen-bond acceptors (Lipinski definition) is 3. The first-order chi connectivity index (χ1) is 10.5. The van der Waals surface area contributed by atoms with Crippen LogP contribution < -0.4 is 10.6 Å². The zero-order valence-electron chi connectivity index (χ0n) is 13.0. The van der Waals surface area contributed by atoms with Crippen molar-refractivity contribution < 1.29 is 9.59 Å². The quantitative estimate of drug-likeness (QED) is 0.894. The lowest BCUT2D eigenvalue weighted by molar-refractivity contribution is -0.114. The van der Waals surface area contributed by atoms with E-state index < -0.39 is 0 Å². The number of nitrogens with one attached hydrogen (secondary N) is 2. The molecule has 1 aromatic rings. The van der Waals surface area contributed by atoms with Crippen molar-refractivity contribution in [3.05, 3.63) is 28.8 Å². The number of nitrogens with zero attached hydrogens (tertiary/aromatic N) is 1. The Kier molecular flexibility index (Phi) is 5.80. The third-order valence-electron chi connectivity index (χ3n) is 3.80. The van der Waals surface area contributed by atoms with Crippen LogP contribution in [0.3, 0.4) is 0 Å². The van der Waals surface area contributed by atoms with Crippen molar-refractivity contribution in [3.8, 4) is 0 Å². The number of piperidine rings is 1. The molecule has 1 heterocycles. The van der Waals surface area contributed by atoms with Crippen molar-refractivity contribution >= 4 is 29.1 Å². The maximum absolute atomic E-state index is 12.3. The second-order valence-corrected chi connectivity index (χ2v) is 6.26. The molecule has 0 bridgehead atoms. The van der Waals surface area contributed by atoms with Gasteiger partial charge in [0.05, 0.1) is 10.6 Å². The van der Waals surface area contributed by atoms with E-state index in [0.29, 0.717) is 28.7 Å². The van der Waals surface area contributed by atoms with Crippen LogP contribution in [0.5, 0.6) is 0 Å². The van der Waals surface area contributed by atoms with Crippen molar-refractivity contribution in [1.29, 1.82) is 0 Å². The summed E-state index contributed by atoms with van der Waals surface area (Å²) in [4.78, 5) is 25.7. The first-order valence-corrected chi connectivity index (χ1v) is 7.87. The van der Waals surface area contributed by atoms with Crippen LogP contribution in [0.1, 0.15) is 30.1 Å². The maximum atomic E-state index is 12.3. The largest absolute Gasteiger partial charge is 0.352 e. The standard InChI is InChI=1S/C16H22ClN3O2/c1-11(21)19-13-5-6-15(17)14(8-13)16(22)18-9-12-4-3-7-20(2)10-12/h5-6,8,12H,3-4,7,9-10H2,1-2H3,(H,18,22)(H,19,21)/t12-/m0/s1. The van der Waals surface area contributed by atoms with Crippen molar-refractivity contribution in [2.45, 2.75) is 19.8 Å². The Morgan fingerprint density at radius 3 is 2.86 bits per heavy atom. The molecule has 1 atom stereocenters. The van der Waals surface area contributed by atoms with E-state index in [9.17, 15) is 9.59 Å². The van der Waals surface area contributed by atoms with Crippen molar-refractivity contribution in [1.82, 2.24) is 10.2 Å². The Labute approximate surface area is 136 Å². The lowest BCUT2D eigenvalue weighted by Gasteiger charge is -2.29. The number of carbonyl (C=O) groups is 2. The minimum Gasteiger partial charge on any atom is -0.352 e. The molecule has 1 aliphatic rings. The number of hydrogen-bond donors (Lipinski definition) is 2. The van der Waals surface area contributed by atoms with Crippen LogP contribution in [0.15, 0.2) is 18.2 Å². The summed E-state index contributed by atoms with van der Waals surface area (Å²) in [5.41, 5.74) is 0.955. The summed E-state index contributed by atoms with van der Waals surface area (Å²) in [6.07, 6.45) is 2.29. The number of likely N-dealkylation sites (tertiary alicyclic amines) is 1. The molecular formula is C16H22ClN3O2. The van der Waals surface area contributed by atoms with Gasteiger partial charge in [-0.15, -0.1) is 0 Å². The van der Waals surface area contributed by atoms with E-state index >= 15 is 0 Å². The van der Waals surface area contributed by atoms with Gasteiger partial charge in [0.1, 0.15) is 0 Å². The Morgan fingerprint density at radius 2 is 2.18 bits per heavy atom. The number of carbonyl (C=O) groups excluding carboxylic acids is 2. The molecular weight excluding hydrogens is 302 g/mol. The van der Waals surface area contributed by atoms with Crippen molar-refractivity contribution in [3.63, 3.8) is 0 Å². The highest BCUT2D eigenvalue weighted by Crippen LogP contribution is 2.21. The minimum absolute atomic E-state index is 0.182. The van der Waals surface area contributed by atoms with Crippen LogP contribution in [-0.2, 0) is 4.79 Å². The summed E-state index contributed by atoms with van der Waals surface area (Å²) in [5, 5.41) is 5.98. The fraction of sp³-hybridized carbons (Fsp3) is 0.500. The summed E-state index contributed by atoms with van der Waals surface area (Å²) >= 11 is 6.09. The van der Waals surface area contributed by atoms with E-state index in [2.05, 4.69) is 22.6 Å². The molecule has 1 saturated heterocycles. The van der Waals surface area contributed by atoms with Gasteiger partial charge in [-0.25, -0.2) is 0 Å². The van der Waals surface area contributed by atoms with Gasteiger partial charge < -0.3 is 15.5 Å². The number of benzene rings is 1. The van der Waals surface area contributed by atoms with Crippen LogP contribution in [0, 0.1) is 5.92 Å². The highest BCUT2D eigenvalue weighted by atomic mass is 35.5. The predicted octanol–water partition coefficient (Wildman–Crippen LogP) is 2.37. The predicted molar refractivity (Wildman–Crippen MR) is 88.3 cm³/mol. The van der Waals surface area contributed by atoms with E-state index in [0.717, 1.165) is 25.9 Å². The average Bonchev–Trinajstić information content (AvgIpc) is 2.46. The first kappa shape index (κ1) is 16.8. The molecule has 6 heteroatoms. The van der Waals surface area contributed by atoms with Crippen LogP contribution in [0.25, 0.3) is 0 Å². The van der Waals surface area contributed by atoms with E-state index in [1.807, 2.05) is 0 Å². The molecule has 2 amide bonds. The summed E-state index contributed by atoms with van der Waals surface area (Å²) in [6.45, 7) is 4.19. The molecule has 5 nitrogen and oxygen atoms in total. The average molecular weight is 324 g/mol. The van der Waals surface area contributed by atoms with Gasteiger partial charge in [0.25, 0.3) is 5.91 Å². The van der Waals surface area contributed by atoms with E-state index in [1.54, 1.807) is 18.2 Å². The Morgan fingerprint density at radius 1 is 1.41 bits per heavy atom. The Hall–Kier alpha value is -1.59. The van der Waals surface area contributed by atoms with Gasteiger partial charge in [-0.1, -0.05) is 11.6 Å². The molecule has 2 rings (SSSR count). The molecule has 0 spiro atoms. The monoisotopic (exact) mass is 323 g/mol. The molecule has 1 aliphatic heterocycles. The molecule has 0 aliphatic carbocycles. The molecule has 0 aromatic heterocycles. The zero-order chi connectivity index (χ0) is 16.1. The minimum atomic E-state index is -0.203. The van der Waals surface area contributed by atoms with Crippen LogP contribution >= 0.6 is 11.6 Å². The van der Waals surface area contributed by atoms with Gasteiger partial charge in [-0.05, 0) is 50.6 Å². The summed E-state index contributed by atoms with van der Waals surface area (Å²) in [7, 11) is 2.10. The molecule has 0 unspecified atom stereocenters. The topological polar surface area (TPSA) is 61.4 Å². The highest BCUT2D eigenvalue weighted by molar-refractivity contribution is 6.34. The second-order valence-electron chi connectivity index (χ2n) is 5.86. The smallest absolute Gasteiger partial charge is 0.252 e. The fourth-order valence-electron chi connectivity index (χ4n) is 2.75. The summed E-state index contributed by atoms with van der Waals surface area (Å²) in [5.74, 6) is 0.0874. The lowest BCUT2D eigenvalue weighted by Crippen LogP contribution is -2.39. The van der Waals surface area contributed by atoms with E-state index in [-0.39, 0.29) is 11.8 Å². The number of amides is 2. The molecule has 1 aromatic carbocycles. The SMILES string of the molecule is CC(=O)Nc1ccc(Cl)c(C(=O)NC[C@@H]2CCCN(C)C2)c1. The molecule has 1 fully saturated rings. The van der Waals surface area contributed by atoms with Gasteiger partial charge in [0.2, 0.25) is 5.91 Å². The Balaban J connectivity index is 1.97.